The van der Waals surface area contributed by atoms with Crippen molar-refractivity contribution in [2.45, 2.75) is 52.9 Å². The zero-order valence-corrected chi connectivity index (χ0v) is 17.4. The van der Waals surface area contributed by atoms with Gasteiger partial charge in [-0.15, -0.1) is 10.2 Å². The second-order valence-corrected chi connectivity index (χ2v) is 7.47. The summed E-state index contributed by atoms with van der Waals surface area (Å²) in [7, 11) is 0. The van der Waals surface area contributed by atoms with Gasteiger partial charge in [-0.2, -0.15) is 0 Å². The van der Waals surface area contributed by atoms with Crippen LogP contribution in [0.1, 0.15) is 55.5 Å². The summed E-state index contributed by atoms with van der Waals surface area (Å²) in [5, 5.41) is 11.3. The molecule has 0 spiro atoms. The number of pyridine rings is 1. The number of amides is 2. The summed E-state index contributed by atoms with van der Waals surface area (Å²) in [5.41, 5.74) is 3.01. The molecule has 2 aromatic heterocycles. The van der Waals surface area contributed by atoms with Gasteiger partial charge in [0.25, 0.3) is 0 Å². The summed E-state index contributed by atoms with van der Waals surface area (Å²) in [5.74, 6) is 0.738. The molecule has 3 aromatic rings. The monoisotopic (exact) mass is 392 g/mol. The Morgan fingerprint density at radius 1 is 1.10 bits per heavy atom. The molecule has 2 amide bonds. The highest BCUT2D eigenvalue weighted by Crippen LogP contribution is 2.16. The fourth-order valence-corrected chi connectivity index (χ4v) is 3.17. The normalized spacial score (nSPS) is 12.0. The smallest absolute Gasteiger partial charge is 0.318 e. The van der Waals surface area contributed by atoms with Gasteiger partial charge in [-0.05, 0) is 44.9 Å². The predicted molar refractivity (Wildman–Crippen MR) is 112 cm³/mol. The first-order valence-electron chi connectivity index (χ1n) is 9.85. The van der Waals surface area contributed by atoms with Crippen LogP contribution in [0.15, 0.2) is 55.0 Å². The van der Waals surface area contributed by atoms with E-state index in [0.29, 0.717) is 13.1 Å². The van der Waals surface area contributed by atoms with E-state index in [-0.39, 0.29) is 18.1 Å². The van der Waals surface area contributed by atoms with Gasteiger partial charge in [0.15, 0.2) is 5.82 Å². The summed E-state index contributed by atoms with van der Waals surface area (Å²) in [6.45, 7) is 8.98. The van der Waals surface area contributed by atoms with Crippen molar-refractivity contribution in [1.82, 2.24) is 30.0 Å². The van der Waals surface area contributed by atoms with Gasteiger partial charge in [0.1, 0.15) is 6.33 Å². The van der Waals surface area contributed by atoms with Crippen molar-refractivity contribution < 1.29 is 4.79 Å². The number of nitrogens with zero attached hydrogens (tertiary/aromatic N) is 5. The first kappa shape index (κ1) is 20.5. The van der Waals surface area contributed by atoms with Crippen LogP contribution in [-0.4, -0.2) is 30.7 Å². The lowest BCUT2D eigenvalue weighted by Gasteiger charge is -2.26. The Bertz CT molecular complexity index is 937. The van der Waals surface area contributed by atoms with Gasteiger partial charge in [0.05, 0.1) is 18.3 Å². The number of aromatic nitrogens is 4. The molecule has 3 rings (SSSR count). The molecule has 1 N–H and O–H groups in total. The number of urea groups is 1. The van der Waals surface area contributed by atoms with Crippen LogP contribution in [0, 0.1) is 6.92 Å². The summed E-state index contributed by atoms with van der Waals surface area (Å²) in [6, 6.07) is 13.7. The molecule has 0 saturated heterocycles. The quantitative estimate of drug-likeness (QED) is 0.658. The minimum Gasteiger partial charge on any atom is -0.328 e. The highest BCUT2D eigenvalue weighted by Gasteiger charge is 2.22. The third kappa shape index (κ3) is 5.19. The van der Waals surface area contributed by atoms with Crippen LogP contribution in [0.3, 0.4) is 0 Å². The van der Waals surface area contributed by atoms with Crippen molar-refractivity contribution in [2.24, 2.45) is 0 Å². The third-order valence-electron chi connectivity index (χ3n) is 4.85. The molecular formula is C22H28N6O. The predicted octanol–water partition coefficient (Wildman–Crippen LogP) is 4.04. The molecule has 7 nitrogen and oxygen atoms in total. The van der Waals surface area contributed by atoms with E-state index in [4.69, 9.17) is 0 Å². The number of nitrogens with one attached hydrogen (secondary N) is 1. The Hall–Kier alpha value is -3.22. The number of aryl methyl sites for hydroxylation is 1. The van der Waals surface area contributed by atoms with Crippen LogP contribution in [0.25, 0.3) is 0 Å². The first-order chi connectivity index (χ1) is 14.0. The number of benzene rings is 1. The third-order valence-corrected chi connectivity index (χ3v) is 4.85. The molecule has 1 unspecified atom stereocenters. The van der Waals surface area contributed by atoms with E-state index >= 15 is 0 Å². The summed E-state index contributed by atoms with van der Waals surface area (Å²) in [4.78, 5) is 19.4. The number of carbonyl (C=O) groups is 1. The maximum Gasteiger partial charge on any atom is 0.318 e. The minimum absolute atomic E-state index is 0.162. The van der Waals surface area contributed by atoms with Crippen LogP contribution in [0.4, 0.5) is 4.79 Å². The Labute approximate surface area is 171 Å². The molecule has 0 fully saturated rings. The Morgan fingerprint density at radius 2 is 1.86 bits per heavy atom. The largest absolute Gasteiger partial charge is 0.328 e. The van der Waals surface area contributed by atoms with Crippen molar-refractivity contribution in [3.8, 4) is 0 Å². The number of hydrogen-bond donors (Lipinski definition) is 1. The molecule has 7 heteroatoms. The fourth-order valence-electron chi connectivity index (χ4n) is 3.17. The average molecular weight is 393 g/mol. The maximum absolute atomic E-state index is 13.2. The highest BCUT2D eigenvalue weighted by molar-refractivity contribution is 5.74. The lowest BCUT2D eigenvalue weighted by molar-refractivity contribution is 0.187. The SMILES string of the molecule is Cc1cccnc1CN(Cc1ccccc1)C(=O)NC(C)c1nncn1C(C)C. The molecular weight excluding hydrogens is 364 g/mol. The average Bonchev–Trinajstić information content (AvgIpc) is 3.20. The number of rotatable bonds is 7. The van der Waals surface area contributed by atoms with Crippen LogP contribution < -0.4 is 5.32 Å². The molecule has 152 valence electrons. The Balaban J connectivity index is 1.79. The highest BCUT2D eigenvalue weighted by atomic mass is 16.2. The molecule has 0 bridgehead atoms. The molecule has 2 heterocycles. The van der Waals surface area contributed by atoms with Crippen molar-refractivity contribution >= 4 is 6.03 Å². The van der Waals surface area contributed by atoms with Crippen LogP contribution in [0.5, 0.6) is 0 Å². The molecule has 29 heavy (non-hydrogen) atoms. The minimum atomic E-state index is -0.268. The lowest BCUT2D eigenvalue weighted by Crippen LogP contribution is -2.41. The summed E-state index contributed by atoms with van der Waals surface area (Å²) < 4.78 is 1.97. The topological polar surface area (TPSA) is 75.9 Å². The van der Waals surface area contributed by atoms with E-state index in [1.807, 2.05) is 60.9 Å². The maximum atomic E-state index is 13.2. The molecule has 0 aliphatic heterocycles. The lowest BCUT2D eigenvalue weighted by atomic mass is 10.2. The molecule has 0 aliphatic rings. The van der Waals surface area contributed by atoms with Gasteiger partial charge in [0, 0.05) is 18.8 Å². The van der Waals surface area contributed by atoms with Gasteiger partial charge < -0.3 is 14.8 Å². The fraction of sp³-hybridized carbons (Fsp3) is 0.364. The van der Waals surface area contributed by atoms with Crippen LogP contribution in [-0.2, 0) is 13.1 Å². The number of carbonyl (C=O) groups excluding carboxylic acids is 1. The second-order valence-electron chi connectivity index (χ2n) is 7.47. The van der Waals surface area contributed by atoms with E-state index in [0.717, 1.165) is 22.6 Å². The van der Waals surface area contributed by atoms with Crippen molar-refractivity contribution in [3.05, 3.63) is 77.6 Å². The standard InChI is InChI=1S/C22H28N6O/c1-16(2)28-15-24-26-21(28)18(4)25-22(29)27(13-19-10-6-5-7-11-19)14-20-17(3)9-8-12-23-20/h5-12,15-16,18H,13-14H2,1-4H3,(H,25,29). The Kier molecular flexibility index (Phi) is 6.59. The van der Waals surface area contributed by atoms with Gasteiger partial charge in [-0.25, -0.2) is 4.79 Å². The molecule has 0 radical (unpaired) electrons. The molecule has 0 aliphatic carbocycles. The summed E-state index contributed by atoms with van der Waals surface area (Å²) >= 11 is 0. The van der Waals surface area contributed by atoms with E-state index in [1.165, 1.54) is 0 Å². The van der Waals surface area contributed by atoms with Gasteiger partial charge in [0.2, 0.25) is 0 Å². The van der Waals surface area contributed by atoms with E-state index in [9.17, 15) is 4.79 Å². The molecule has 1 aromatic carbocycles. The Morgan fingerprint density at radius 3 is 2.55 bits per heavy atom. The van der Waals surface area contributed by atoms with Crippen LogP contribution in [0.2, 0.25) is 0 Å². The van der Waals surface area contributed by atoms with E-state index < -0.39 is 0 Å². The first-order valence-corrected chi connectivity index (χ1v) is 9.85. The zero-order valence-electron chi connectivity index (χ0n) is 17.4. The summed E-state index contributed by atoms with van der Waals surface area (Å²) in [6.07, 6.45) is 3.45. The second kappa shape index (κ2) is 9.32. The molecule has 0 saturated carbocycles. The zero-order chi connectivity index (χ0) is 20.8. The van der Waals surface area contributed by atoms with Crippen LogP contribution >= 0.6 is 0 Å². The van der Waals surface area contributed by atoms with Gasteiger partial charge in [-0.3, -0.25) is 4.98 Å². The van der Waals surface area contributed by atoms with E-state index in [1.54, 1.807) is 17.4 Å². The van der Waals surface area contributed by atoms with Crippen molar-refractivity contribution in [2.75, 3.05) is 0 Å². The van der Waals surface area contributed by atoms with E-state index in [2.05, 4.69) is 34.3 Å². The van der Waals surface area contributed by atoms with Gasteiger partial charge in [-0.1, -0.05) is 36.4 Å². The van der Waals surface area contributed by atoms with Crippen molar-refractivity contribution in [1.29, 1.82) is 0 Å². The van der Waals surface area contributed by atoms with Crippen molar-refractivity contribution in [3.63, 3.8) is 0 Å². The number of hydrogen-bond acceptors (Lipinski definition) is 4. The van der Waals surface area contributed by atoms with Gasteiger partial charge >= 0.3 is 6.03 Å². The molecule has 1 atom stereocenters.